The molecular weight excluding hydrogens is 222 g/mol. The van der Waals surface area contributed by atoms with Gasteiger partial charge in [0.15, 0.2) is 5.16 Å². The SMILES string of the molecule is CC(C#N)CSc1nc(C(C)C)cc(=O)[nH]1. The van der Waals surface area contributed by atoms with E-state index in [9.17, 15) is 4.79 Å². The minimum atomic E-state index is -0.134. The maximum absolute atomic E-state index is 11.4. The van der Waals surface area contributed by atoms with Crippen LogP contribution in [-0.2, 0) is 0 Å². The molecule has 16 heavy (non-hydrogen) atoms. The summed E-state index contributed by atoms with van der Waals surface area (Å²) in [6, 6.07) is 3.66. The molecule has 5 heteroatoms. The molecule has 86 valence electrons. The molecule has 1 aromatic heterocycles. The third-order valence-electron chi connectivity index (χ3n) is 2.02. The Morgan fingerprint density at radius 1 is 1.56 bits per heavy atom. The molecule has 1 heterocycles. The van der Waals surface area contributed by atoms with Crippen molar-refractivity contribution in [3.05, 3.63) is 22.1 Å². The van der Waals surface area contributed by atoms with Gasteiger partial charge >= 0.3 is 0 Å². The molecule has 0 saturated carbocycles. The van der Waals surface area contributed by atoms with E-state index in [2.05, 4.69) is 16.0 Å². The first kappa shape index (κ1) is 12.8. The summed E-state index contributed by atoms with van der Waals surface area (Å²) >= 11 is 1.41. The second-order valence-corrected chi connectivity index (χ2v) is 4.98. The van der Waals surface area contributed by atoms with Crippen molar-refractivity contribution in [3.63, 3.8) is 0 Å². The highest BCUT2D eigenvalue weighted by molar-refractivity contribution is 7.99. The maximum Gasteiger partial charge on any atom is 0.251 e. The van der Waals surface area contributed by atoms with Crippen molar-refractivity contribution in [1.29, 1.82) is 5.26 Å². The van der Waals surface area contributed by atoms with Crippen LogP contribution in [0.2, 0.25) is 0 Å². The summed E-state index contributed by atoms with van der Waals surface area (Å²) in [4.78, 5) is 18.4. The molecule has 0 amide bonds. The topological polar surface area (TPSA) is 69.5 Å². The molecular formula is C11H15N3OS. The molecule has 0 aliphatic carbocycles. The van der Waals surface area contributed by atoms with Gasteiger partial charge in [0.2, 0.25) is 0 Å². The third kappa shape index (κ3) is 3.70. The number of H-pyrrole nitrogens is 1. The zero-order chi connectivity index (χ0) is 12.1. The lowest BCUT2D eigenvalue weighted by molar-refractivity contribution is 0.767. The quantitative estimate of drug-likeness (QED) is 0.643. The molecule has 0 aliphatic rings. The number of hydrogen-bond donors (Lipinski definition) is 1. The lowest BCUT2D eigenvalue weighted by atomic mass is 10.1. The van der Waals surface area contributed by atoms with Crippen molar-refractivity contribution in [2.24, 2.45) is 5.92 Å². The summed E-state index contributed by atoms with van der Waals surface area (Å²) in [6.07, 6.45) is 0. The van der Waals surface area contributed by atoms with E-state index >= 15 is 0 Å². The van der Waals surface area contributed by atoms with Gasteiger partial charge in [0.05, 0.1) is 17.7 Å². The Kier molecular flexibility index (Phi) is 4.56. The van der Waals surface area contributed by atoms with E-state index in [-0.39, 0.29) is 17.4 Å². The van der Waals surface area contributed by atoms with Crippen LogP contribution in [0.4, 0.5) is 0 Å². The fourth-order valence-electron chi connectivity index (χ4n) is 1.06. The van der Waals surface area contributed by atoms with Crippen LogP contribution >= 0.6 is 11.8 Å². The number of aromatic nitrogens is 2. The standard InChI is InChI=1S/C11H15N3OS/c1-7(2)9-4-10(15)14-11(13-9)16-6-8(3)5-12/h4,7-8H,6H2,1-3H3,(H,13,14,15). The average molecular weight is 237 g/mol. The summed E-state index contributed by atoms with van der Waals surface area (Å²) in [5.74, 6) is 0.828. The zero-order valence-corrected chi connectivity index (χ0v) is 10.5. The predicted molar refractivity (Wildman–Crippen MR) is 64.4 cm³/mol. The van der Waals surface area contributed by atoms with Crippen LogP contribution in [0.15, 0.2) is 16.0 Å². The van der Waals surface area contributed by atoms with Gasteiger partial charge in [-0.2, -0.15) is 5.26 Å². The first-order valence-electron chi connectivity index (χ1n) is 5.16. The Labute approximate surface area is 99.1 Å². The van der Waals surface area contributed by atoms with E-state index in [1.54, 1.807) is 0 Å². The van der Waals surface area contributed by atoms with Gasteiger partial charge < -0.3 is 4.98 Å². The van der Waals surface area contributed by atoms with Crippen molar-refractivity contribution in [3.8, 4) is 6.07 Å². The van der Waals surface area contributed by atoms with Gasteiger partial charge in [0, 0.05) is 11.8 Å². The molecule has 1 aromatic rings. The number of nitriles is 1. The minimum Gasteiger partial charge on any atom is -0.301 e. The monoisotopic (exact) mass is 237 g/mol. The van der Waals surface area contributed by atoms with E-state index in [4.69, 9.17) is 5.26 Å². The number of thioether (sulfide) groups is 1. The zero-order valence-electron chi connectivity index (χ0n) is 9.65. The van der Waals surface area contributed by atoms with Crippen molar-refractivity contribution in [1.82, 2.24) is 9.97 Å². The summed E-state index contributed by atoms with van der Waals surface area (Å²) < 4.78 is 0. The van der Waals surface area contributed by atoms with Gasteiger partial charge in [0.1, 0.15) is 0 Å². The molecule has 0 radical (unpaired) electrons. The summed E-state index contributed by atoms with van der Waals surface area (Å²) in [5.41, 5.74) is 0.654. The largest absolute Gasteiger partial charge is 0.301 e. The minimum absolute atomic E-state index is 0.0435. The highest BCUT2D eigenvalue weighted by Crippen LogP contribution is 2.17. The molecule has 1 unspecified atom stereocenters. The Morgan fingerprint density at radius 2 is 2.25 bits per heavy atom. The predicted octanol–water partition coefficient (Wildman–Crippen LogP) is 2.15. The lowest BCUT2D eigenvalue weighted by Crippen LogP contribution is -2.11. The van der Waals surface area contributed by atoms with Crippen LogP contribution in [-0.4, -0.2) is 15.7 Å². The first-order valence-corrected chi connectivity index (χ1v) is 6.15. The molecule has 4 nitrogen and oxygen atoms in total. The number of rotatable bonds is 4. The highest BCUT2D eigenvalue weighted by Gasteiger charge is 2.07. The molecule has 1 atom stereocenters. The lowest BCUT2D eigenvalue weighted by Gasteiger charge is -2.06. The van der Waals surface area contributed by atoms with Crippen molar-refractivity contribution < 1.29 is 0 Å². The van der Waals surface area contributed by atoms with Crippen LogP contribution in [0.1, 0.15) is 32.4 Å². The molecule has 0 bridgehead atoms. The van der Waals surface area contributed by atoms with Crippen LogP contribution in [0.25, 0.3) is 0 Å². The smallest absolute Gasteiger partial charge is 0.251 e. The number of nitrogens with one attached hydrogen (secondary N) is 1. The van der Waals surface area contributed by atoms with Gasteiger partial charge in [0.25, 0.3) is 5.56 Å². The first-order chi connectivity index (χ1) is 7.52. The molecule has 1 N–H and O–H groups in total. The number of aromatic amines is 1. The second kappa shape index (κ2) is 5.71. The van der Waals surface area contributed by atoms with Crippen LogP contribution in [0, 0.1) is 17.2 Å². The molecule has 0 spiro atoms. The van der Waals surface area contributed by atoms with Gasteiger partial charge in [-0.3, -0.25) is 4.79 Å². The maximum atomic E-state index is 11.4. The third-order valence-corrected chi connectivity index (χ3v) is 3.16. The average Bonchev–Trinajstić information content (AvgIpc) is 2.25. The van der Waals surface area contributed by atoms with Gasteiger partial charge in [-0.1, -0.05) is 25.6 Å². The van der Waals surface area contributed by atoms with Crippen molar-refractivity contribution >= 4 is 11.8 Å². The fourth-order valence-corrected chi connectivity index (χ4v) is 1.88. The van der Waals surface area contributed by atoms with Gasteiger partial charge in [-0.05, 0) is 12.8 Å². The van der Waals surface area contributed by atoms with Gasteiger partial charge in [-0.15, -0.1) is 0 Å². The Morgan fingerprint density at radius 3 is 2.81 bits per heavy atom. The van der Waals surface area contributed by atoms with Crippen LogP contribution in [0.5, 0.6) is 0 Å². The fraction of sp³-hybridized carbons (Fsp3) is 0.545. The van der Waals surface area contributed by atoms with E-state index in [1.807, 2.05) is 20.8 Å². The summed E-state index contributed by atoms with van der Waals surface area (Å²) in [7, 11) is 0. The molecule has 0 aromatic carbocycles. The van der Waals surface area contributed by atoms with Crippen LogP contribution < -0.4 is 5.56 Å². The highest BCUT2D eigenvalue weighted by atomic mass is 32.2. The number of nitrogens with zero attached hydrogens (tertiary/aromatic N) is 2. The van der Waals surface area contributed by atoms with E-state index in [0.29, 0.717) is 10.9 Å². The second-order valence-electron chi connectivity index (χ2n) is 3.97. The normalized spacial score (nSPS) is 12.4. The molecule has 1 rings (SSSR count). The molecule has 0 saturated heterocycles. The van der Waals surface area contributed by atoms with Gasteiger partial charge in [-0.25, -0.2) is 4.98 Å². The number of hydrogen-bond acceptors (Lipinski definition) is 4. The Bertz CT molecular complexity index is 447. The Hall–Kier alpha value is -1.28. The summed E-state index contributed by atoms with van der Waals surface area (Å²) in [5, 5.41) is 9.25. The van der Waals surface area contributed by atoms with E-state index < -0.39 is 0 Å². The Balaban J connectivity index is 2.81. The van der Waals surface area contributed by atoms with E-state index in [0.717, 1.165) is 5.69 Å². The summed E-state index contributed by atoms with van der Waals surface area (Å²) in [6.45, 7) is 5.83. The molecule has 0 fully saturated rings. The van der Waals surface area contributed by atoms with Crippen LogP contribution in [0.3, 0.4) is 0 Å². The molecule has 0 aliphatic heterocycles. The van der Waals surface area contributed by atoms with Crippen molar-refractivity contribution in [2.75, 3.05) is 5.75 Å². The van der Waals surface area contributed by atoms with Crippen molar-refractivity contribution in [2.45, 2.75) is 31.8 Å². The van der Waals surface area contributed by atoms with E-state index in [1.165, 1.54) is 17.8 Å².